The molecule has 0 unspecified atom stereocenters. The van der Waals surface area contributed by atoms with Crippen molar-refractivity contribution < 1.29 is 28.6 Å². The summed E-state index contributed by atoms with van der Waals surface area (Å²) in [5, 5.41) is 11.1. The number of carbonyl (C=O) groups is 2. The molecule has 1 N–H and O–H groups in total. The Morgan fingerprint density at radius 1 is 1.00 bits per heavy atom. The van der Waals surface area contributed by atoms with Gasteiger partial charge in [-0.3, -0.25) is 9.59 Å². The minimum atomic E-state index is -1.07. The summed E-state index contributed by atoms with van der Waals surface area (Å²) in [5.41, 5.74) is 1.18. The molecule has 0 aromatic heterocycles. The van der Waals surface area contributed by atoms with Gasteiger partial charge in [0.2, 0.25) is 0 Å². The average molecular weight is 540 g/mol. The number of nitrogens with zero attached hydrogens (tertiary/aromatic N) is 1. The lowest BCUT2D eigenvalue weighted by Gasteiger charge is -2.26. The van der Waals surface area contributed by atoms with Crippen LogP contribution in [0.4, 0.5) is 4.39 Å². The zero-order chi connectivity index (χ0) is 25.1. The van der Waals surface area contributed by atoms with E-state index in [9.17, 15) is 19.1 Å². The number of methoxy groups -OCH3 is 2. The molecule has 3 aromatic rings. The topological polar surface area (TPSA) is 76.1 Å². The molecule has 0 spiro atoms. The Balaban J connectivity index is 1.75. The number of ether oxygens (including phenoxy) is 2. The van der Waals surface area contributed by atoms with Crippen molar-refractivity contribution in [3.63, 3.8) is 0 Å². The number of halogens is 2. The van der Waals surface area contributed by atoms with Crippen LogP contribution in [0.3, 0.4) is 0 Å². The molecule has 8 heteroatoms. The van der Waals surface area contributed by atoms with Crippen LogP contribution >= 0.6 is 15.9 Å². The van der Waals surface area contributed by atoms with Gasteiger partial charge in [-0.15, -0.1) is 0 Å². The normalized spacial score (nSPS) is 17.0. The van der Waals surface area contributed by atoms with Crippen molar-refractivity contribution in [2.24, 2.45) is 0 Å². The summed E-state index contributed by atoms with van der Waals surface area (Å²) >= 11 is 3.34. The number of carbonyl (C=O) groups excluding carboxylic acids is 2. The number of aliphatic hydroxyl groups is 1. The Bertz CT molecular complexity index is 1310. The molecule has 0 radical (unpaired) electrons. The van der Waals surface area contributed by atoms with E-state index < -0.39 is 23.5 Å². The smallest absolute Gasteiger partial charge is 0.295 e. The van der Waals surface area contributed by atoms with E-state index in [4.69, 9.17) is 9.47 Å². The molecule has 1 saturated heterocycles. The number of benzene rings is 3. The number of aliphatic hydroxyl groups excluding tert-OH is 1. The Hall–Kier alpha value is -3.65. The van der Waals surface area contributed by atoms with E-state index >= 15 is 0 Å². The molecule has 6 nitrogen and oxygen atoms in total. The van der Waals surface area contributed by atoms with Gasteiger partial charge in [-0.1, -0.05) is 52.3 Å². The molecule has 1 aliphatic heterocycles. The molecule has 3 aromatic carbocycles. The predicted octanol–water partition coefficient (Wildman–Crippen LogP) is 5.27. The van der Waals surface area contributed by atoms with Crippen molar-refractivity contribution >= 4 is 33.4 Å². The van der Waals surface area contributed by atoms with Crippen molar-refractivity contribution in [2.45, 2.75) is 12.5 Å². The number of rotatable bonds is 7. The summed E-state index contributed by atoms with van der Waals surface area (Å²) in [4.78, 5) is 27.5. The Kier molecular flexibility index (Phi) is 7.21. The molecule has 1 fully saturated rings. The lowest BCUT2D eigenvalue weighted by molar-refractivity contribution is -0.139. The van der Waals surface area contributed by atoms with Gasteiger partial charge in [-0.05, 0) is 42.3 Å². The number of hydrogen-bond donors (Lipinski definition) is 1. The summed E-state index contributed by atoms with van der Waals surface area (Å²) in [6, 6.07) is 16.9. The highest BCUT2D eigenvalue weighted by Gasteiger charge is 2.46. The lowest BCUT2D eigenvalue weighted by atomic mass is 9.95. The number of amides is 1. The van der Waals surface area contributed by atoms with Crippen molar-refractivity contribution in [2.75, 3.05) is 20.8 Å². The van der Waals surface area contributed by atoms with E-state index in [-0.39, 0.29) is 23.4 Å². The van der Waals surface area contributed by atoms with Gasteiger partial charge in [-0.25, -0.2) is 4.39 Å². The SMILES string of the molecule is COc1ccc(CCN2C(=O)C(=O)C(=C(O)c3ccc(Br)cc3)[C@H]2c2ccccc2F)cc1OC. The van der Waals surface area contributed by atoms with Gasteiger partial charge >= 0.3 is 0 Å². The van der Waals surface area contributed by atoms with Crippen molar-refractivity contribution in [1.29, 1.82) is 0 Å². The number of hydrogen-bond acceptors (Lipinski definition) is 5. The maximum Gasteiger partial charge on any atom is 0.295 e. The first-order valence-corrected chi connectivity index (χ1v) is 11.6. The van der Waals surface area contributed by atoms with Crippen LogP contribution < -0.4 is 9.47 Å². The summed E-state index contributed by atoms with van der Waals surface area (Å²) < 4.78 is 26.3. The second kappa shape index (κ2) is 10.3. The third kappa shape index (κ3) is 4.79. The van der Waals surface area contributed by atoms with Crippen molar-refractivity contribution in [3.05, 3.63) is 99.3 Å². The Labute approximate surface area is 210 Å². The van der Waals surface area contributed by atoms with E-state index in [1.54, 1.807) is 42.5 Å². The molecule has 1 aliphatic rings. The van der Waals surface area contributed by atoms with Crippen LogP contribution in [0.2, 0.25) is 0 Å². The molecule has 1 atom stereocenters. The first-order valence-electron chi connectivity index (χ1n) is 10.9. The molecule has 0 aliphatic carbocycles. The van der Waals surface area contributed by atoms with E-state index in [2.05, 4.69) is 15.9 Å². The fourth-order valence-corrected chi connectivity index (χ4v) is 4.44. The summed E-state index contributed by atoms with van der Waals surface area (Å²) in [6.45, 7) is 0.121. The van der Waals surface area contributed by atoms with E-state index in [1.807, 2.05) is 6.07 Å². The van der Waals surface area contributed by atoms with Crippen molar-refractivity contribution in [3.8, 4) is 11.5 Å². The van der Waals surface area contributed by atoms with E-state index in [0.717, 1.165) is 10.0 Å². The van der Waals surface area contributed by atoms with Gasteiger partial charge in [0.05, 0.1) is 25.8 Å². The molecule has 1 heterocycles. The zero-order valence-corrected chi connectivity index (χ0v) is 20.7. The lowest BCUT2D eigenvalue weighted by Crippen LogP contribution is -2.32. The third-order valence-corrected chi connectivity index (χ3v) is 6.48. The standard InChI is InChI=1S/C27H23BrFNO5/c1-34-21-12-7-16(15-22(21)35-2)13-14-30-24(19-5-3-4-6-20(19)29)23(26(32)27(30)33)25(31)17-8-10-18(28)11-9-17/h3-12,15,24,31H,13-14H2,1-2H3/t24-/m1/s1. The first-order chi connectivity index (χ1) is 16.8. The van der Waals surface area contributed by atoms with Crippen LogP contribution in [0, 0.1) is 5.82 Å². The molecule has 180 valence electrons. The second-order valence-electron chi connectivity index (χ2n) is 7.96. The van der Waals surface area contributed by atoms with Gasteiger partial charge in [0, 0.05) is 22.1 Å². The third-order valence-electron chi connectivity index (χ3n) is 5.95. The fourth-order valence-electron chi connectivity index (χ4n) is 4.18. The quantitative estimate of drug-likeness (QED) is 0.251. The van der Waals surface area contributed by atoms with Crippen molar-refractivity contribution in [1.82, 2.24) is 4.90 Å². The molecule has 1 amide bonds. The van der Waals surface area contributed by atoms with Gasteiger partial charge in [0.1, 0.15) is 11.6 Å². The molecule has 0 bridgehead atoms. The molecular weight excluding hydrogens is 517 g/mol. The molecule has 4 rings (SSSR count). The van der Waals surface area contributed by atoms with Crippen LogP contribution in [0.1, 0.15) is 22.7 Å². The van der Waals surface area contributed by atoms with Crippen LogP contribution in [0.15, 0.2) is 76.8 Å². The number of ketones is 1. The predicted molar refractivity (Wildman–Crippen MR) is 133 cm³/mol. The largest absolute Gasteiger partial charge is 0.507 e. The summed E-state index contributed by atoms with van der Waals surface area (Å²) in [6.07, 6.45) is 0.372. The van der Waals surface area contributed by atoms with Gasteiger partial charge in [-0.2, -0.15) is 0 Å². The average Bonchev–Trinajstić information content (AvgIpc) is 3.12. The zero-order valence-electron chi connectivity index (χ0n) is 19.1. The molecular formula is C27H23BrFNO5. The highest BCUT2D eigenvalue weighted by atomic mass is 79.9. The summed E-state index contributed by atoms with van der Waals surface area (Å²) in [5.74, 6) is -1.47. The Morgan fingerprint density at radius 2 is 1.69 bits per heavy atom. The van der Waals surface area contributed by atoms with E-state index in [1.165, 1.54) is 37.3 Å². The maximum atomic E-state index is 14.9. The number of Topliss-reactive ketones (excluding diaryl/α,β-unsaturated/α-hetero) is 1. The van der Waals surface area contributed by atoms with Crippen LogP contribution in [-0.2, 0) is 16.0 Å². The van der Waals surface area contributed by atoms with E-state index in [0.29, 0.717) is 23.5 Å². The van der Waals surface area contributed by atoms with Crippen LogP contribution in [0.5, 0.6) is 11.5 Å². The first kappa shape index (κ1) is 24.5. The minimum Gasteiger partial charge on any atom is -0.507 e. The van der Waals surface area contributed by atoms with Gasteiger partial charge in [0.25, 0.3) is 11.7 Å². The summed E-state index contributed by atoms with van der Waals surface area (Å²) in [7, 11) is 3.07. The van der Waals surface area contributed by atoms with Gasteiger partial charge < -0.3 is 19.5 Å². The molecule has 35 heavy (non-hydrogen) atoms. The molecule has 0 saturated carbocycles. The number of likely N-dealkylation sites (tertiary alicyclic amines) is 1. The second-order valence-corrected chi connectivity index (χ2v) is 8.88. The minimum absolute atomic E-state index is 0.121. The monoisotopic (exact) mass is 539 g/mol. The van der Waals surface area contributed by atoms with Gasteiger partial charge in [0.15, 0.2) is 11.5 Å². The van der Waals surface area contributed by atoms with Crippen LogP contribution in [-0.4, -0.2) is 42.5 Å². The Morgan fingerprint density at radius 3 is 2.34 bits per heavy atom. The fraction of sp³-hybridized carbons (Fsp3) is 0.185. The van der Waals surface area contributed by atoms with Crippen LogP contribution in [0.25, 0.3) is 5.76 Å². The highest BCUT2D eigenvalue weighted by Crippen LogP contribution is 2.40. The maximum absolute atomic E-state index is 14.9. The highest BCUT2D eigenvalue weighted by molar-refractivity contribution is 9.10.